The molecule has 2 heterocycles. The minimum Gasteiger partial charge on any atom is -0.381 e. The molecule has 0 saturated carbocycles. The Morgan fingerprint density at radius 1 is 1.26 bits per heavy atom. The lowest BCUT2D eigenvalue weighted by Crippen LogP contribution is -1.99. The van der Waals surface area contributed by atoms with Crippen LogP contribution in [0.1, 0.15) is 5.56 Å². The second-order valence-electron chi connectivity index (χ2n) is 4.11. The van der Waals surface area contributed by atoms with Gasteiger partial charge < -0.3 is 5.32 Å². The van der Waals surface area contributed by atoms with Crippen LogP contribution in [0.15, 0.2) is 48.0 Å². The van der Waals surface area contributed by atoms with Gasteiger partial charge in [0.15, 0.2) is 0 Å². The van der Waals surface area contributed by atoms with E-state index in [9.17, 15) is 4.39 Å². The van der Waals surface area contributed by atoms with Gasteiger partial charge >= 0.3 is 0 Å². The predicted molar refractivity (Wildman–Crippen MR) is 75.6 cm³/mol. The number of thiophene rings is 1. The second kappa shape index (κ2) is 5.24. The number of aromatic amines is 1. The smallest absolute Gasteiger partial charge is 0.125 e. The van der Waals surface area contributed by atoms with Gasteiger partial charge in [-0.1, -0.05) is 12.1 Å². The molecule has 2 N–H and O–H groups in total. The number of hydrogen-bond donors (Lipinski definition) is 2. The van der Waals surface area contributed by atoms with Crippen LogP contribution in [0, 0.1) is 5.82 Å². The Morgan fingerprint density at radius 3 is 3.00 bits per heavy atom. The van der Waals surface area contributed by atoms with Crippen molar-refractivity contribution >= 4 is 17.0 Å². The molecule has 0 radical (unpaired) electrons. The van der Waals surface area contributed by atoms with Crippen molar-refractivity contribution in [3.8, 4) is 10.6 Å². The van der Waals surface area contributed by atoms with Crippen molar-refractivity contribution in [3.63, 3.8) is 0 Å². The molecule has 1 aromatic carbocycles. The monoisotopic (exact) mass is 273 g/mol. The lowest BCUT2D eigenvalue weighted by Gasteiger charge is -2.06. The van der Waals surface area contributed by atoms with Crippen molar-refractivity contribution in [3.05, 3.63) is 59.4 Å². The van der Waals surface area contributed by atoms with Gasteiger partial charge in [-0.3, -0.25) is 5.10 Å². The Kier molecular flexibility index (Phi) is 3.29. The first-order valence-corrected chi connectivity index (χ1v) is 6.76. The van der Waals surface area contributed by atoms with Gasteiger partial charge in [-0.25, -0.2) is 4.39 Å². The maximum absolute atomic E-state index is 13.1. The molecule has 0 fully saturated rings. The zero-order chi connectivity index (χ0) is 13.1. The minimum absolute atomic E-state index is 0.240. The van der Waals surface area contributed by atoms with Crippen LogP contribution in [0.5, 0.6) is 0 Å². The molecule has 0 aliphatic carbocycles. The van der Waals surface area contributed by atoms with E-state index in [0.717, 1.165) is 21.8 Å². The quantitative estimate of drug-likeness (QED) is 0.757. The standard InChI is InChI=1S/C14H12FN3S/c15-11-3-1-4-12(7-11)16-8-10-9-17-18-14(10)13-5-2-6-19-13/h1-7,9,16H,8H2,(H,17,18). The van der Waals surface area contributed by atoms with Crippen LogP contribution in [-0.2, 0) is 6.54 Å². The van der Waals surface area contributed by atoms with E-state index in [-0.39, 0.29) is 5.82 Å². The van der Waals surface area contributed by atoms with Crippen LogP contribution < -0.4 is 5.32 Å². The third kappa shape index (κ3) is 2.66. The summed E-state index contributed by atoms with van der Waals surface area (Å²) in [5.41, 5.74) is 2.84. The number of halogens is 1. The summed E-state index contributed by atoms with van der Waals surface area (Å²) in [6, 6.07) is 10.5. The number of aromatic nitrogens is 2. The summed E-state index contributed by atoms with van der Waals surface area (Å²) in [5, 5.41) is 12.3. The largest absolute Gasteiger partial charge is 0.381 e. The van der Waals surface area contributed by atoms with Crippen LogP contribution >= 0.6 is 11.3 Å². The molecule has 0 bridgehead atoms. The van der Waals surface area contributed by atoms with Gasteiger partial charge in [-0.2, -0.15) is 5.10 Å². The molecule has 0 aliphatic rings. The van der Waals surface area contributed by atoms with Crippen LogP contribution in [0.4, 0.5) is 10.1 Å². The first-order chi connectivity index (χ1) is 9.33. The van der Waals surface area contributed by atoms with Crippen molar-refractivity contribution in [1.82, 2.24) is 10.2 Å². The fraction of sp³-hybridized carbons (Fsp3) is 0.0714. The summed E-state index contributed by atoms with van der Waals surface area (Å²) >= 11 is 1.66. The lowest BCUT2D eigenvalue weighted by atomic mass is 10.2. The maximum Gasteiger partial charge on any atom is 0.125 e. The summed E-state index contributed by atoms with van der Waals surface area (Å²) in [7, 11) is 0. The van der Waals surface area contributed by atoms with Crippen molar-refractivity contribution in [2.45, 2.75) is 6.54 Å². The van der Waals surface area contributed by atoms with Gasteiger partial charge in [-0.15, -0.1) is 11.3 Å². The van der Waals surface area contributed by atoms with E-state index >= 15 is 0 Å². The SMILES string of the molecule is Fc1cccc(NCc2cn[nH]c2-c2cccs2)c1. The van der Waals surface area contributed by atoms with Crippen LogP contribution in [0.25, 0.3) is 10.6 Å². The molecule has 96 valence electrons. The summed E-state index contributed by atoms with van der Waals surface area (Å²) in [6.45, 7) is 0.604. The number of hydrogen-bond acceptors (Lipinski definition) is 3. The highest BCUT2D eigenvalue weighted by Gasteiger charge is 2.08. The molecule has 2 aromatic heterocycles. The number of anilines is 1. The summed E-state index contributed by atoms with van der Waals surface area (Å²) in [4.78, 5) is 1.15. The van der Waals surface area contributed by atoms with Gasteiger partial charge in [-0.05, 0) is 29.6 Å². The highest BCUT2D eigenvalue weighted by Crippen LogP contribution is 2.26. The third-order valence-corrected chi connectivity index (χ3v) is 3.68. The summed E-state index contributed by atoms with van der Waals surface area (Å²) in [5.74, 6) is -0.240. The van der Waals surface area contributed by atoms with Crippen LogP contribution in [-0.4, -0.2) is 10.2 Å². The molecule has 0 aliphatic heterocycles. The third-order valence-electron chi connectivity index (χ3n) is 2.79. The topological polar surface area (TPSA) is 40.7 Å². The molecule has 19 heavy (non-hydrogen) atoms. The molecular formula is C14H12FN3S. The Bertz CT molecular complexity index is 661. The molecular weight excluding hydrogens is 261 g/mol. The van der Waals surface area contributed by atoms with Crippen LogP contribution in [0.3, 0.4) is 0 Å². The summed E-state index contributed by atoms with van der Waals surface area (Å²) < 4.78 is 13.1. The summed E-state index contributed by atoms with van der Waals surface area (Å²) in [6.07, 6.45) is 1.79. The Hall–Kier alpha value is -2.14. The highest BCUT2D eigenvalue weighted by atomic mass is 32.1. The van der Waals surface area contributed by atoms with E-state index in [4.69, 9.17) is 0 Å². The van der Waals surface area contributed by atoms with Gasteiger partial charge in [0.2, 0.25) is 0 Å². The average Bonchev–Trinajstić information content (AvgIpc) is 3.07. The molecule has 0 spiro atoms. The number of H-pyrrole nitrogens is 1. The van der Waals surface area contributed by atoms with Gasteiger partial charge in [0.25, 0.3) is 0 Å². The van der Waals surface area contributed by atoms with Gasteiger partial charge in [0.05, 0.1) is 16.8 Å². The van der Waals surface area contributed by atoms with Crippen LogP contribution in [0.2, 0.25) is 0 Å². The molecule has 0 unspecified atom stereocenters. The Labute approximate surface area is 114 Å². The van der Waals surface area contributed by atoms with E-state index in [1.165, 1.54) is 12.1 Å². The average molecular weight is 273 g/mol. The first kappa shape index (κ1) is 11.9. The number of nitrogens with zero attached hydrogens (tertiary/aromatic N) is 1. The lowest BCUT2D eigenvalue weighted by molar-refractivity contribution is 0.628. The molecule has 0 atom stereocenters. The van der Waals surface area contributed by atoms with E-state index in [0.29, 0.717) is 6.54 Å². The fourth-order valence-electron chi connectivity index (χ4n) is 1.88. The van der Waals surface area contributed by atoms with Crippen molar-refractivity contribution in [2.75, 3.05) is 5.32 Å². The van der Waals surface area contributed by atoms with Gasteiger partial charge in [0, 0.05) is 17.8 Å². The minimum atomic E-state index is -0.240. The normalized spacial score (nSPS) is 10.6. The van der Waals surface area contributed by atoms with E-state index < -0.39 is 0 Å². The Balaban J connectivity index is 1.76. The van der Waals surface area contributed by atoms with Crippen molar-refractivity contribution in [2.24, 2.45) is 0 Å². The highest BCUT2D eigenvalue weighted by molar-refractivity contribution is 7.13. The number of nitrogens with one attached hydrogen (secondary N) is 2. The second-order valence-corrected chi connectivity index (χ2v) is 5.06. The van der Waals surface area contributed by atoms with Gasteiger partial charge in [0.1, 0.15) is 5.82 Å². The first-order valence-electron chi connectivity index (χ1n) is 5.88. The molecule has 3 rings (SSSR count). The van der Waals surface area contributed by atoms with E-state index in [2.05, 4.69) is 15.5 Å². The van der Waals surface area contributed by atoms with Crippen molar-refractivity contribution in [1.29, 1.82) is 0 Å². The predicted octanol–water partition coefficient (Wildman–Crippen LogP) is 3.89. The van der Waals surface area contributed by atoms with Crippen molar-refractivity contribution < 1.29 is 4.39 Å². The maximum atomic E-state index is 13.1. The molecule has 3 aromatic rings. The fourth-order valence-corrected chi connectivity index (χ4v) is 2.63. The molecule has 0 saturated heterocycles. The number of benzene rings is 1. The molecule has 5 heteroatoms. The zero-order valence-electron chi connectivity index (χ0n) is 10.1. The number of rotatable bonds is 4. The molecule has 0 amide bonds. The Morgan fingerprint density at radius 2 is 2.21 bits per heavy atom. The zero-order valence-corrected chi connectivity index (χ0v) is 10.9. The van der Waals surface area contributed by atoms with E-state index in [1.807, 2.05) is 23.6 Å². The van der Waals surface area contributed by atoms with E-state index in [1.54, 1.807) is 23.6 Å². The molecule has 3 nitrogen and oxygen atoms in total.